The second-order valence-electron chi connectivity index (χ2n) is 5.53. The Morgan fingerprint density at radius 1 is 1.38 bits per heavy atom. The Kier molecular flexibility index (Phi) is 4.46. The van der Waals surface area contributed by atoms with Gasteiger partial charge in [0, 0.05) is 7.05 Å². The number of nitrogens with one attached hydrogen (secondary N) is 1. The molecule has 0 aliphatic rings. The highest BCUT2D eigenvalue weighted by Crippen LogP contribution is 2.28. The van der Waals surface area contributed by atoms with Crippen LogP contribution in [0.5, 0.6) is 5.75 Å². The van der Waals surface area contributed by atoms with E-state index in [1.165, 1.54) is 0 Å². The molecule has 6 heteroatoms. The number of aromatic amines is 1. The number of H-pyrrole nitrogens is 1. The van der Waals surface area contributed by atoms with Gasteiger partial charge in [-0.15, -0.1) is 0 Å². The summed E-state index contributed by atoms with van der Waals surface area (Å²) < 4.78 is 7.27. The predicted octanol–water partition coefficient (Wildman–Crippen LogP) is 2.84. The zero-order valence-electron chi connectivity index (χ0n) is 13.9. The van der Waals surface area contributed by atoms with Crippen molar-refractivity contribution < 1.29 is 4.74 Å². The molecule has 0 saturated heterocycles. The lowest BCUT2D eigenvalue weighted by Crippen LogP contribution is -2.12. The Morgan fingerprint density at radius 3 is 2.92 bits per heavy atom. The molecule has 0 radical (unpaired) electrons. The van der Waals surface area contributed by atoms with E-state index >= 15 is 0 Å². The first-order valence-corrected chi connectivity index (χ1v) is 7.94. The number of benzene rings is 1. The lowest BCUT2D eigenvalue weighted by molar-refractivity contribution is 0.364. The van der Waals surface area contributed by atoms with E-state index in [0.29, 0.717) is 29.2 Å². The first-order valence-electron chi connectivity index (χ1n) is 7.94. The van der Waals surface area contributed by atoms with E-state index in [0.717, 1.165) is 24.1 Å². The number of aromatic nitrogens is 4. The fourth-order valence-electron chi connectivity index (χ4n) is 2.72. The highest BCUT2D eigenvalue weighted by molar-refractivity contribution is 5.79. The molecule has 0 atom stereocenters. The molecule has 6 nitrogen and oxygen atoms in total. The van der Waals surface area contributed by atoms with Gasteiger partial charge < -0.3 is 9.72 Å². The van der Waals surface area contributed by atoms with Crippen LogP contribution in [0.2, 0.25) is 0 Å². The van der Waals surface area contributed by atoms with Gasteiger partial charge in [-0.1, -0.05) is 38.1 Å². The van der Waals surface area contributed by atoms with E-state index in [4.69, 9.17) is 4.74 Å². The van der Waals surface area contributed by atoms with Gasteiger partial charge in [0.05, 0.1) is 11.3 Å². The molecule has 124 valence electrons. The minimum atomic E-state index is -0.203. The summed E-state index contributed by atoms with van der Waals surface area (Å²) in [6.07, 6.45) is 3.40. The van der Waals surface area contributed by atoms with E-state index in [9.17, 15) is 4.79 Å². The van der Waals surface area contributed by atoms with Gasteiger partial charge >= 0.3 is 0 Å². The van der Waals surface area contributed by atoms with Gasteiger partial charge in [-0.3, -0.25) is 9.48 Å². The van der Waals surface area contributed by atoms with Crippen LogP contribution in [0.3, 0.4) is 0 Å². The Labute approximate surface area is 139 Å². The van der Waals surface area contributed by atoms with Gasteiger partial charge in [0.15, 0.2) is 5.52 Å². The third-order valence-corrected chi connectivity index (χ3v) is 3.75. The summed E-state index contributed by atoms with van der Waals surface area (Å²) in [5, 5.41) is 4.44. The lowest BCUT2D eigenvalue weighted by Gasteiger charge is -2.09. The second-order valence-corrected chi connectivity index (χ2v) is 5.53. The molecule has 0 aliphatic carbocycles. The number of rotatable bonds is 6. The Balaban J connectivity index is 2.19. The Bertz CT molecular complexity index is 940. The van der Waals surface area contributed by atoms with Crippen molar-refractivity contribution in [3.05, 3.63) is 53.0 Å². The summed E-state index contributed by atoms with van der Waals surface area (Å²) in [4.78, 5) is 20.0. The highest BCUT2D eigenvalue weighted by Gasteiger charge is 2.16. The number of para-hydroxylation sites is 1. The van der Waals surface area contributed by atoms with Crippen LogP contribution in [0, 0.1) is 0 Å². The molecule has 1 N–H and O–H groups in total. The van der Waals surface area contributed by atoms with E-state index in [1.807, 2.05) is 24.3 Å². The first kappa shape index (κ1) is 16.0. The maximum atomic E-state index is 12.5. The van der Waals surface area contributed by atoms with Gasteiger partial charge in [0.25, 0.3) is 5.56 Å². The summed E-state index contributed by atoms with van der Waals surface area (Å²) in [6, 6.07) is 7.49. The Morgan fingerprint density at radius 2 is 2.17 bits per heavy atom. The van der Waals surface area contributed by atoms with Gasteiger partial charge in [0.1, 0.15) is 23.7 Å². The van der Waals surface area contributed by atoms with E-state index in [2.05, 4.69) is 28.6 Å². The molecule has 24 heavy (non-hydrogen) atoms. The number of aryl methyl sites for hydroxylation is 2. The SMILES string of the molecule is C=CCOc1ccccc1-c1nc2c(CCC)nn(C)c2c(=O)[nH]1. The molecular weight excluding hydrogens is 304 g/mol. The monoisotopic (exact) mass is 324 g/mol. The van der Waals surface area contributed by atoms with Crippen molar-refractivity contribution in [2.24, 2.45) is 7.05 Å². The van der Waals surface area contributed by atoms with Crippen molar-refractivity contribution in [2.45, 2.75) is 19.8 Å². The third kappa shape index (κ3) is 2.82. The molecule has 0 saturated carbocycles. The molecule has 1 aromatic carbocycles. The fraction of sp³-hybridized carbons (Fsp3) is 0.278. The van der Waals surface area contributed by atoms with Gasteiger partial charge in [-0.05, 0) is 18.6 Å². The number of hydrogen-bond acceptors (Lipinski definition) is 4. The number of hydrogen-bond donors (Lipinski definition) is 1. The second kappa shape index (κ2) is 6.70. The summed E-state index contributed by atoms with van der Waals surface area (Å²) in [5.74, 6) is 1.14. The van der Waals surface area contributed by atoms with Crippen LogP contribution in [-0.4, -0.2) is 26.4 Å². The highest BCUT2D eigenvalue weighted by atomic mass is 16.5. The molecule has 0 fully saturated rings. The largest absolute Gasteiger partial charge is 0.489 e. The predicted molar refractivity (Wildman–Crippen MR) is 94.3 cm³/mol. The summed E-state index contributed by atoms with van der Waals surface area (Å²) in [7, 11) is 1.76. The molecule has 0 amide bonds. The van der Waals surface area contributed by atoms with E-state index < -0.39 is 0 Å². The van der Waals surface area contributed by atoms with Crippen LogP contribution in [0.4, 0.5) is 0 Å². The number of fused-ring (bicyclic) bond motifs is 1. The minimum Gasteiger partial charge on any atom is -0.489 e. The smallest absolute Gasteiger partial charge is 0.277 e. The molecule has 0 unspecified atom stereocenters. The van der Waals surface area contributed by atoms with Crippen molar-refractivity contribution >= 4 is 11.0 Å². The quantitative estimate of drug-likeness (QED) is 0.708. The number of nitrogens with zero attached hydrogens (tertiary/aromatic N) is 3. The maximum absolute atomic E-state index is 12.5. The number of ether oxygens (including phenoxy) is 1. The molecule has 3 aromatic rings. The minimum absolute atomic E-state index is 0.203. The maximum Gasteiger partial charge on any atom is 0.277 e. The van der Waals surface area contributed by atoms with Crippen molar-refractivity contribution in [2.75, 3.05) is 6.61 Å². The van der Waals surface area contributed by atoms with Crippen LogP contribution in [-0.2, 0) is 13.5 Å². The van der Waals surface area contributed by atoms with Gasteiger partial charge in [-0.25, -0.2) is 4.98 Å². The molecule has 0 bridgehead atoms. The zero-order chi connectivity index (χ0) is 17.1. The van der Waals surface area contributed by atoms with E-state index in [-0.39, 0.29) is 5.56 Å². The standard InChI is InChI=1S/C18H20N4O2/c1-4-8-13-15-16(22(3)21-13)18(23)20-17(19-15)12-9-6-7-10-14(12)24-11-5-2/h5-7,9-10H,2,4,8,11H2,1,3H3,(H,19,20,23). The average Bonchev–Trinajstić information content (AvgIpc) is 2.90. The average molecular weight is 324 g/mol. The molecular formula is C18H20N4O2. The molecule has 0 spiro atoms. The molecule has 2 heterocycles. The van der Waals surface area contributed by atoms with E-state index in [1.54, 1.807) is 17.8 Å². The Hall–Kier alpha value is -2.89. The lowest BCUT2D eigenvalue weighted by atomic mass is 10.1. The molecule has 0 aliphatic heterocycles. The van der Waals surface area contributed by atoms with Crippen LogP contribution in [0.25, 0.3) is 22.4 Å². The summed E-state index contributed by atoms with van der Waals surface area (Å²) >= 11 is 0. The topological polar surface area (TPSA) is 72.8 Å². The van der Waals surface area contributed by atoms with Crippen molar-refractivity contribution in [1.29, 1.82) is 0 Å². The fourth-order valence-corrected chi connectivity index (χ4v) is 2.72. The van der Waals surface area contributed by atoms with Gasteiger partial charge in [0.2, 0.25) is 0 Å². The van der Waals surface area contributed by atoms with Crippen molar-refractivity contribution in [3.8, 4) is 17.1 Å². The molecule has 2 aromatic heterocycles. The normalized spacial score (nSPS) is 10.9. The van der Waals surface area contributed by atoms with Crippen LogP contribution in [0.1, 0.15) is 19.0 Å². The van der Waals surface area contributed by atoms with Crippen molar-refractivity contribution in [1.82, 2.24) is 19.7 Å². The van der Waals surface area contributed by atoms with Crippen LogP contribution in [0.15, 0.2) is 41.7 Å². The zero-order valence-corrected chi connectivity index (χ0v) is 13.9. The third-order valence-electron chi connectivity index (χ3n) is 3.75. The molecule has 3 rings (SSSR count). The van der Waals surface area contributed by atoms with Crippen LogP contribution < -0.4 is 10.3 Å². The van der Waals surface area contributed by atoms with Gasteiger partial charge in [-0.2, -0.15) is 5.10 Å². The van der Waals surface area contributed by atoms with Crippen molar-refractivity contribution in [3.63, 3.8) is 0 Å². The van der Waals surface area contributed by atoms with Crippen LogP contribution >= 0.6 is 0 Å². The summed E-state index contributed by atoms with van der Waals surface area (Å²) in [6.45, 7) is 6.12. The first-order chi connectivity index (χ1) is 11.7. The summed E-state index contributed by atoms with van der Waals surface area (Å²) in [5.41, 5.74) is 2.52.